The molecule has 102 valence electrons. The molecule has 2 rings (SSSR count). The van der Waals surface area contributed by atoms with Crippen LogP contribution in [0.25, 0.3) is 0 Å². The Hall–Kier alpha value is -1.17. The zero-order valence-electron chi connectivity index (χ0n) is 10.5. The third kappa shape index (κ3) is 2.98. The molecule has 18 heavy (non-hydrogen) atoms. The standard InChI is InChI=1S/C12H18N2O3.ClH/c1-16-10-5-8(6-11(17-2)12(10)15)9-7-13-3-4-14-9;/h5-6,9,13-15H,3-4,7H2,1-2H3;1H/t9-;/m0./s1. The van der Waals surface area contributed by atoms with E-state index in [1.807, 2.05) is 12.1 Å². The molecule has 0 bridgehead atoms. The lowest BCUT2D eigenvalue weighted by Gasteiger charge is -2.25. The van der Waals surface area contributed by atoms with Crippen molar-refractivity contribution in [3.63, 3.8) is 0 Å². The summed E-state index contributed by atoms with van der Waals surface area (Å²) in [5.74, 6) is 0.918. The molecule has 1 aromatic carbocycles. The number of methoxy groups -OCH3 is 2. The molecule has 0 saturated carbocycles. The maximum absolute atomic E-state index is 9.83. The molecule has 0 aromatic heterocycles. The third-order valence-electron chi connectivity index (χ3n) is 2.95. The average molecular weight is 275 g/mol. The Labute approximate surface area is 113 Å². The predicted octanol–water partition coefficient (Wildman–Crippen LogP) is 1.07. The van der Waals surface area contributed by atoms with Crippen LogP contribution in [0.15, 0.2) is 12.1 Å². The maximum atomic E-state index is 9.83. The Balaban J connectivity index is 0.00000162. The molecule has 1 heterocycles. The third-order valence-corrected chi connectivity index (χ3v) is 2.95. The second kappa shape index (κ2) is 6.68. The molecule has 1 aromatic rings. The molecule has 1 atom stereocenters. The number of hydrogen-bond donors (Lipinski definition) is 3. The summed E-state index contributed by atoms with van der Waals surface area (Å²) in [6, 6.07) is 3.89. The molecular weight excluding hydrogens is 256 g/mol. The van der Waals surface area contributed by atoms with Crippen molar-refractivity contribution in [2.45, 2.75) is 6.04 Å². The van der Waals surface area contributed by atoms with E-state index in [0.717, 1.165) is 25.2 Å². The van der Waals surface area contributed by atoms with Crippen LogP contribution in [0.2, 0.25) is 0 Å². The van der Waals surface area contributed by atoms with E-state index in [2.05, 4.69) is 10.6 Å². The van der Waals surface area contributed by atoms with Crippen LogP contribution in [0.3, 0.4) is 0 Å². The lowest BCUT2D eigenvalue weighted by molar-refractivity contribution is 0.336. The fraction of sp³-hybridized carbons (Fsp3) is 0.500. The van der Waals surface area contributed by atoms with Gasteiger partial charge in [0.2, 0.25) is 5.75 Å². The highest BCUT2D eigenvalue weighted by Gasteiger charge is 2.19. The molecule has 6 heteroatoms. The first-order valence-corrected chi connectivity index (χ1v) is 5.65. The van der Waals surface area contributed by atoms with Gasteiger partial charge in [-0.15, -0.1) is 12.4 Å². The number of halogens is 1. The van der Waals surface area contributed by atoms with Crippen LogP contribution >= 0.6 is 12.4 Å². The number of aromatic hydroxyl groups is 1. The van der Waals surface area contributed by atoms with E-state index in [4.69, 9.17) is 9.47 Å². The largest absolute Gasteiger partial charge is 0.502 e. The van der Waals surface area contributed by atoms with Crippen molar-refractivity contribution in [1.29, 1.82) is 0 Å². The van der Waals surface area contributed by atoms with Gasteiger partial charge in [0.15, 0.2) is 11.5 Å². The van der Waals surface area contributed by atoms with Crippen LogP contribution in [0.5, 0.6) is 17.2 Å². The first kappa shape index (κ1) is 14.9. The quantitative estimate of drug-likeness (QED) is 0.770. The Bertz CT molecular complexity index is 370. The second-order valence-corrected chi connectivity index (χ2v) is 3.98. The fourth-order valence-corrected chi connectivity index (χ4v) is 2.00. The normalized spacial score (nSPS) is 18.9. The molecule has 1 fully saturated rings. The van der Waals surface area contributed by atoms with E-state index in [-0.39, 0.29) is 24.2 Å². The summed E-state index contributed by atoms with van der Waals surface area (Å²) in [5.41, 5.74) is 1.05. The van der Waals surface area contributed by atoms with Crippen molar-refractivity contribution in [1.82, 2.24) is 10.6 Å². The van der Waals surface area contributed by atoms with Crippen LogP contribution in [0.1, 0.15) is 11.6 Å². The van der Waals surface area contributed by atoms with E-state index in [0.29, 0.717) is 11.5 Å². The Morgan fingerprint density at radius 3 is 2.22 bits per heavy atom. The molecule has 1 aliphatic heterocycles. The highest BCUT2D eigenvalue weighted by Crippen LogP contribution is 2.38. The number of rotatable bonds is 3. The zero-order chi connectivity index (χ0) is 12.3. The van der Waals surface area contributed by atoms with Gasteiger partial charge in [0, 0.05) is 25.7 Å². The summed E-state index contributed by atoms with van der Waals surface area (Å²) >= 11 is 0. The van der Waals surface area contributed by atoms with Crippen molar-refractivity contribution >= 4 is 12.4 Å². The van der Waals surface area contributed by atoms with Crippen molar-refractivity contribution in [2.24, 2.45) is 0 Å². The molecular formula is C12H19ClN2O3. The van der Waals surface area contributed by atoms with Gasteiger partial charge in [-0.1, -0.05) is 0 Å². The van der Waals surface area contributed by atoms with E-state index in [1.165, 1.54) is 14.2 Å². The van der Waals surface area contributed by atoms with Crippen LogP contribution in [0, 0.1) is 0 Å². The van der Waals surface area contributed by atoms with Gasteiger partial charge in [0.1, 0.15) is 0 Å². The number of phenolic OH excluding ortho intramolecular Hbond substituents is 1. The molecule has 0 unspecified atom stereocenters. The second-order valence-electron chi connectivity index (χ2n) is 3.98. The van der Waals surface area contributed by atoms with E-state index < -0.39 is 0 Å². The molecule has 0 radical (unpaired) electrons. The SMILES string of the molecule is COc1cc([C@@H]2CNCCN2)cc(OC)c1O.Cl. The van der Waals surface area contributed by atoms with Crippen molar-refractivity contribution < 1.29 is 14.6 Å². The molecule has 0 spiro atoms. The number of benzene rings is 1. The van der Waals surface area contributed by atoms with Gasteiger partial charge in [0.25, 0.3) is 0 Å². The Morgan fingerprint density at radius 2 is 1.78 bits per heavy atom. The summed E-state index contributed by atoms with van der Waals surface area (Å²) in [7, 11) is 3.07. The minimum Gasteiger partial charge on any atom is -0.502 e. The summed E-state index contributed by atoms with van der Waals surface area (Å²) in [5, 5.41) is 16.5. The molecule has 1 saturated heterocycles. The zero-order valence-corrected chi connectivity index (χ0v) is 11.3. The summed E-state index contributed by atoms with van der Waals surface area (Å²) in [6.07, 6.45) is 0. The van der Waals surface area contributed by atoms with Crippen LogP contribution < -0.4 is 20.1 Å². The molecule has 0 amide bonds. The first-order chi connectivity index (χ1) is 8.26. The monoisotopic (exact) mass is 274 g/mol. The van der Waals surface area contributed by atoms with Gasteiger partial charge in [-0.2, -0.15) is 0 Å². The number of hydrogen-bond acceptors (Lipinski definition) is 5. The summed E-state index contributed by atoms with van der Waals surface area (Å²) in [4.78, 5) is 0. The van der Waals surface area contributed by atoms with Gasteiger partial charge in [-0.3, -0.25) is 0 Å². The molecule has 0 aliphatic carbocycles. The van der Waals surface area contributed by atoms with Crippen molar-refractivity contribution in [3.05, 3.63) is 17.7 Å². The predicted molar refractivity (Wildman–Crippen MR) is 72.1 cm³/mol. The van der Waals surface area contributed by atoms with Crippen LogP contribution in [-0.2, 0) is 0 Å². The smallest absolute Gasteiger partial charge is 0.200 e. The highest BCUT2D eigenvalue weighted by molar-refractivity contribution is 5.85. The van der Waals surface area contributed by atoms with Gasteiger partial charge < -0.3 is 25.2 Å². The lowest BCUT2D eigenvalue weighted by Crippen LogP contribution is -2.42. The maximum Gasteiger partial charge on any atom is 0.200 e. The summed E-state index contributed by atoms with van der Waals surface area (Å²) < 4.78 is 10.3. The average Bonchev–Trinajstić information content (AvgIpc) is 2.40. The minimum atomic E-state index is 0. The van der Waals surface area contributed by atoms with E-state index in [1.54, 1.807) is 0 Å². The first-order valence-electron chi connectivity index (χ1n) is 5.65. The Kier molecular flexibility index (Phi) is 5.53. The number of piperazine rings is 1. The highest BCUT2D eigenvalue weighted by atomic mass is 35.5. The Morgan fingerprint density at radius 1 is 1.17 bits per heavy atom. The number of ether oxygens (including phenoxy) is 2. The minimum absolute atomic E-state index is 0. The number of phenols is 1. The van der Waals surface area contributed by atoms with Gasteiger partial charge in [0.05, 0.1) is 14.2 Å². The molecule has 5 nitrogen and oxygen atoms in total. The van der Waals surface area contributed by atoms with Crippen molar-refractivity contribution in [3.8, 4) is 17.2 Å². The van der Waals surface area contributed by atoms with Gasteiger partial charge in [-0.25, -0.2) is 0 Å². The van der Waals surface area contributed by atoms with Gasteiger partial charge >= 0.3 is 0 Å². The lowest BCUT2D eigenvalue weighted by atomic mass is 10.0. The van der Waals surface area contributed by atoms with E-state index >= 15 is 0 Å². The van der Waals surface area contributed by atoms with E-state index in [9.17, 15) is 5.11 Å². The number of nitrogens with one attached hydrogen (secondary N) is 2. The van der Waals surface area contributed by atoms with Crippen LogP contribution in [-0.4, -0.2) is 39.0 Å². The fourth-order valence-electron chi connectivity index (χ4n) is 2.00. The summed E-state index contributed by atoms with van der Waals surface area (Å²) in [6.45, 7) is 2.76. The molecule has 1 aliphatic rings. The molecule has 3 N–H and O–H groups in total. The van der Waals surface area contributed by atoms with Crippen molar-refractivity contribution in [2.75, 3.05) is 33.9 Å². The topological polar surface area (TPSA) is 62.8 Å². The van der Waals surface area contributed by atoms with Crippen LogP contribution in [0.4, 0.5) is 0 Å². The van der Waals surface area contributed by atoms with Gasteiger partial charge in [-0.05, 0) is 17.7 Å².